The maximum Gasteiger partial charge on any atom is 0.412 e. The van der Waals surface area contributed by atoms with Crippen LogP contribution < -0.4 is 0 Å². The van der Waals surface area contributed by atoms with Crippen LogP contribution in [0.2, 0.25) is 0 Å². The number of hydrogen-bond donors (Lipinski definition) is 0. The van der Waals surface area contributed by atoms with Crippen LogP contribution in [0.15, 0.2) is 0 Å². The molecule has 29 heavy (non-hydrogen) atoms. The third-order valence-corrected chi connectivity index (χ3v) is 6.67. The third-order valence-electron chi connectivity index (χ3n) is 6.67. The maximum absolute atomic E-state index is 13.2. The molecule has 0 unspecified atom stereocenters. The molecule has 0 spiro atoms. The average molecular weight is 410 g/mol. The molecule has 3 aliphatic rings. The molecule has 0 aromatic rings. The van der Waals surface area contributed by atoms with Gasteiger partial charge in [-0.05, 0) is 59.3 Å². The quantitative estimate of drug-likeness (QED) is 0.579. The van der Waals surface area contributed by atoms with Crippen molar-refractivity contribution in [1.82, 2.24) is 4.90 Å². The molecular weight excluding hydrogens is 366 g/mol. The summed E-state index contributed by atoms with van der Waals surface area (Å²) in [4.78, 5) is 15.1. The number of rotatable bonds is 5. The summed E-state index contributed by atoms with van der Waals surface area (Å²) in [7, 11) is 0. The molecular formula is C24H43NO4. The first-order valence-electron chi connectivity index (χ1n) is 11.8. The molecule has 1 saturated carbocycles. The van der Waals surface area contributed by atoms with E-state index in [1.54, 1.807) is 0 Å². The van der Waals surface area contributed by atoms with E-state index < -0.39 is 11.3 Å². The molecule has 2 aliphatic heterocycles. The fourth-order valence-electron chi connectivity index (χ4n) is 5.49. The fraction of sp³-hybridized carbons (Fsp3) is 0.958. The van der Waals surface area contributed by atoms with Crippen LogP contribution in [0.3, 0.4) is 0 Å². The Bertz CT molecular complexity index is 562. The Hall–Kier alpha value is -0.810. The lowest BCUT2D eigenvalue weighted by Crippen LogP contribution is -2.55. The number of ether oxygens (including phenoxy) is 3. The lowest BCUT2D eigenvalue weighted by Gasteiger charge is -2.43. The number of carbonyl (C=O) groups is 1. The van der Waals surface area contributed by atoms with Crippen molar-refractivity contribution in [3.05, 3.63) is 0 Å². The van der Waals surface area contributed by atoms with Crippen molar-refractivity contribution in [1.29, 1.82) is 0 Å². The predicted octanol–water partition coefficient (Wildman–Crippen LogP) is 5.76. The average Bonchev–Trinajstić information content (AvgIpc) is 2.81. The van der Waals surface area contributed by atoms with E-state index in [0.717, 1.165) is 19.4 Å². The smallest absolute Gasteiger partial charge is 0.412 e. The Morgan fingerprint density at radius 2 is 1.79 bits per heavy atom. The van der Waals surface area contributed by atoms with E-state index in [1.807, 2.05) is 39.5 Å². The second-order valence-corrected chi connectivity index (χ2v) is 11.4. The molecule has 0 N–H and O–H groups in total. The number of amides is 1. The van der Waals surface area contributed by atoms with Crippen molar-refractivity contribution >= 4 is 6.09 Å². The van der Waals surface area contributed by atoms with Gasteiger partial charge in [-0.25, -0.2) is 4.79 Å². The lowest BCUT2D eigenvalue weighted by atomic mass is 9.79. The first kappa shape index (κ1) is 22.9. The van der Waals surface area contributed by atoms with E-state index >= 15 is 0 Å². The van der Waals surface area contributed by atoms with Crippen LogP contribution in [0.4, 0.5) is 4.79 Å². The van der Waals surface area contributed by atoms with Gasteiger partial charge in [0.05, 0.1) is 18.8 Å². The first-order valence-corrected chi connectivity index (χ1v) is 11.8. The van der Waals surface area contributed by atoms with Gasteiger partial charge in [-0.1, -0.05) is 46.0 Å². The topological polar surface area (TPSA) is 48.0 Å². The Morgan fingerprint density at radius 3 is 2.31 bits per heavy atom. The SMILES string of the molecule is CC(C)C[C@H]1CO[C@@H]1[C@@H]1OC(C)(C)N(C(=O)OC(C)(C)C)[C@H]1CC1CCCCC1. The fourth-order valence-corrected chi connectivity index (χ4v) is 5.49. The molecule has 2 saturated heterocycles. The number of nitrogens with zero attached hydrogens (tertiary/aromatic N) is 1. The summed E-state index contributed by atoms with van der Waals surface area (Å²) < 4.78 is 18.4. The molecule has 4 atom stereocenters. The summed E-state index contributed by atoms with van der Waals surface area (Å²) in [6.45, 7) is 15.1. The van der Waals surface area contributed by atoms with Crippen LogP contribution in [0.5, 0.6) is 0 Å². The number of carbonyl (C=O) groups excluding carboxylic acids is 1. The minimum atomic E-state index is -0.687. The highest BCUT2D eigenvalue weighted by atomic mass is 16.6. The standard InChI is InChI=1S/C24H43NO4/c1-16(2)13-18-15-27-20(18)21-19(14-17-11-9-8-10-12-17)25(24(6,7)28-21)22(26)29-23(3,4)5/h16-21H,8-15H2,1-7H3/t18-,19-,20-,21+/m0/s1. The second kappa shape index (κ2) is 8.74. The highest BCUT2D eigenvalue weighted by molar-refractivity contribution is 5.70. The molecule has 0 aromatic carbocycles. The Labute approximate surface area is 177 Å². The van der Waals surface area contributed by atoms with Crippen molar-refractivity contribution in [2.24, 2.45) is 17.8 Å². The molecule has 168 valence electrons. The minimum absolute atomic E-state index is 0.0166. The highest BCUT2D eigenvalue weighted by Crippen LogP contribution is 2.44. The molecule has 3 fully saturated rings. The molecule has 1 aliphatic carbocycles. The summed E-state index contributed by atoms with van der Waals surface area (Å²) in [6.07, 6.45) is 8.34. The van der Waals surface area contributed by atoms with Crippen LogP contribution in [0, 0.1) is 17.8 Å². The maximum atomic E-state index is 13.2. The predicted molar refractivity (Wildman–Crippen MR) is 115 cm³/mol. The molecule has 3 rings (SSSR count). The van der Waals surface area contributed by atoms with Gasteiger partial charge in [-0.2, -0.15) is 0 Å². The van der Waals surface area contributed by atoms with Crippen LogP contribution >= 0.6 is 0 Å². The van der Waals surface area contributed by atoms with Crippen LogP contribution in [-0.4, -0.2) is 47.2 Å². The zero-order valence-corrected chi connectivity index (χ0v) is 19.7. The van der Waals surface area contributed by atoms with E-state index in [1.165, 1.54) is 32.1 Å². The molecule has 5 nitrogen and oxygen atoms in total. The molecule has 0 bridgehead atoms. The van der Waals surface area contributed by atoms with E-state index in [-0.39, 0.29) is 24.3 Å². The Kier molecular flexibility index (Phi) is 6.89. The second-order valence-electron chi connectivity index (χ2n) is 11.4. The van der Waals surface area contributed by atoms with E-state index in [0.29, 0.717) is 17.8 Å². The third kappa shape index (κ3) is 5.46. The summed E-state index contributed by atoms with van der Waals surface area (Å²) in [6, 6.07) is 0.0166. The van der Waals surface area contributed by atoms with Crippen molar-refractivity contribution in [2.75, 3.05) is 6.61 Å². The zero-order chi connectivity index (χ0) is 21.4. The summed E-state index contributed by atoms with van der Waals surface area (Å²) >= 11 is 0. The summed E-state index contributed by atoms with van der Waals surface area (Å²) in [5, 5.41) is 0. The van der Waals surface area contributed by atoms with Gasteiger partial charge in [0.2, 0.25) is 0 Å². The Morgan fingerprint density at radius 1 is 1.14 bits per heavy atom. The monoisotopic (exact) mass is 409 g/mol. The van der Waals surface area contributed by atoms with E-state index in [4.69, 9.17) is 14.2 Å². The Balaban J connectivity index is 1.83. The highest BCUT2D eigenvalue weighted by Gasteiger charge is 2.57. The van der Waals surface area contributed by atoms with Gasteiger partial charge < -0.3 is 14.2 Å². The van der Waals surface area contributed by atoms with Gasteiger partial charge in [0.25, 0.3) is 0 Å². The van der Waals surface area contributed by atoms with Crippen LogP contribution in [0.25, 0.3) is 0 Å². The normalized spacial score (nSPS) is 33.0. The first-order chi connectivity index (χ1) is 13.5. The summed E-state index contributed by atoms with van der Waals surface area (Å²) in [5.74, 6) is 1.81. The van der Waals surface area contributed by atoms with Gasteiger partial charge in [0.1, 0.15) is 17.4 Å². The van der Waals surface area contributed by atoms with Crippen LogP contribution in [-0.2, 0) is 14.2 Å². The van der Waals surface area contributed by atoms with E-state index in [2.05, 4.69) is 13.8 Å². The molecule has 2 heterocycles. The van der Waals surface area contributed by atoms with Gasteiger partial charge in [-0.3, -0.25) is 4.90 Å². The zero-order valence-electron chi connectivity index (χ0n) is 19.7. The molecule has 5 heteroatoms. The minimum Gasteiger partial charge on any atom is -0.444 e. The molecule has 0 aromatic heterocycles. The van der Waals surface area contributed by atoms with Crippen molar-refractivity contribution in [3.63, 3.8) is 0 Å². The summed E-state index contributed by atoms with van der Waals surface area (Å²) in [5.41, 5.74) is -1.21. The van der Waals surface area contributed by atoms with E-state index in [9.17, 15) is 4.79 Å². The molecule has 1 amide bonds. The van der Waals surface area contributed by atoms with Crippen molar-refractivity contribution in [3.8, 4) is 0 Å². The van der Waals surface area contributed by atoms with Gasteiger partial charge in [0, 0.05) is 5.92 Å². The van der Waals surface area contributed by atoms with Crippen molar-refractivity contribution in [2.45, 2.75) is 123 Å². The number of hydrogen-bond acceptors (Lipinski definition) is 4. The largest absolute Gasteiger partial charge is 0.444 e. The van der Waals surface area contributed by atoms with Crippen molar-refractivity contribution < 1.29 is 19.0 Å². The van der Waals surface area contributed by atoms with Gasteiger partial charge >= 0.3 is 6.09 Å². The van der Waals surface area contributed by atoms with Crippen LogP contribution in [0.1, 0.15) is 93.4 Å². The van der Waals surface area contributed by atoms with Gasteiger partial charge in [-0.15, -0.1) is 0 Å². The van der Waals surface area contributed by atoms with Gasteiger partial charge in [0.15, 0.2) is 0 Å². The lowest BCUT2D eigenvalue weighted by molar-refractivity contribution is -0.196. The molecule has 0 radical (unpaired) electrons.